The van der Waals surface area contributed by atoms with Gasteiger partial charge in [0.1, 0.15) is 5.75 Å². The van der Waals surface area contributed by atoms with Gasteiger partial charge in [0.05, 0.1) is 18.4 Å². The van der Waals surface area contributed by atoms with E-state index in [1.165, 1.54) is 7.11 Å². The second kappa shape index (κ2) is 7.19. The van der Waals surface area contributed by atoms with Gasteiger partial charge in [-0.1, -0.05) is 24.3 Å². The van der Waals surface area contributed by atoms with Crippen molar-refractivity contribution in [2.75, 3.05) is 12.4 Å². The lowest BCUT2D eigenvalue weighted by Crippen LogP contribution is -2.34. The van der Waals surface area contributed by atoms with Crippen molar-refractivity contribution < 1.29 is 9.53 Å². The number of carbonyl (C=O) groups is 1. The Morgan fingerprint density at radius 3 is 2.52 bits per heavy atom. The van der Waals surface area contributed by atoms with Crippen molar-refractivity contribution >= 4 is 44.9 Å². The fourth-order valence-electron chi connectivity index (χ4n) is 1.72. The zero-order chi connectivity index (χ0) is 15.2. The van der Waals surface area contributed by atoms with Crippen molar-refractivity contribution in [1.82, 2.24) is 5.32 Å². The average Bonchev–Trinajstić information content (AvgIpc) is 2.49. The van der Waals surface area contributed by atoms with E-state index in [2.05, 4.69) is 26.6 Å². The fraction of sp³-hybridized carbons (Fsp3) is 0.0667. The molecule has 0 saturated heterocycles. The summed E-state index contributed by atoms with van der Waals surface area (Å²) in [7, 11) is 1.52. The molecule has 0 heterocycles. The SMILES string of the molecule is COc1ccccc1C(=O)NC(=S)Nc1ccccc1Br. The molecular formula is C15H13BrN2O2S. The first-order chi connectivity index (χ1) is 10.1. The van der Waals surface area contributed by atoms with Crippen molar-refractivity contribution in [3.05, 3.63) is 58.6 Å². The van der Waals surface area contributed by atoms with E-state index in [1.54, 1.807) is 24.3 Å². The Hall–Kier alpha value is -1.92. The minimum atomic E-state index is -0.322. The van der Waals surface area contributed by atoms with Crippen LogP contribution in [0.4, 0.5) is 5.69 Å². The number of carbonyl (C=O) groups excluding carboxylic acids is 1. The van der Waals surface area contributed by atoms with Gasteiger partial charge in [-0.2, -0.15) is 0 Å². The van der Waals surface area contributed by atoms with Gasteiger partial charge < -0.3 is 10.1 Å². The fourth-order valence-corrected chi connectivity index (χ4v) is 2.31. The van der Waals surface area contributed by atoms with Gasteiger partial charge in [-0.15, -0.1) is 0 Å². The zero-order valence-electron chi connectivity index (χ0n) is 11.2. The molecule has 0 aliphatic heterocycles. The highest BCUT2D eigenvalue weighted by atomic mass is 79.9. The molecule has 2 rings (SSSR count). The van der Waals surface area contributed by atoms with E-state index in [0.29, 0.717) is 11.3 Å². The summed E-state index contributed by atoms with van der Waals surface area (Å²) < 4.78 is 6.01. The van der Waals surface area contributed by atoms with Crippen LogP contribution in [-0.2, 0) is 0 Å². The highest BCUT2D eigenvalue weighted by Crippen LogP contribution is 2.21. The molecule has 0 saturated carbocycles. The van der Waals surface area contributed by atoms with Crippen LogP contribution in [0.15, 0.2) is 53.0 Å². The summed E-state index contributed by atoms with van der Waals surface area (Å²) >= 11 is 8.55. The maximum absolute atomic E-state index is 12.2. The summed E-state index contributed by atoms with van der Waals surface area (Å²) in [4.78, 5) is 12.2. The van der Waals surface area contributed by atoms with E-state index in [1.807, 2.05) is 24.3 Å². The second-order valence-electron chi connectivity index (χ2n) is 4.09. The van der Waals surface area contributed by atoms with Crippen molar-refractivity contribution in [2.24, 2.45) is 0 Å². The number of hydrogen-bond acceptors (Lipinski definition) is 3. The molecule has 0 bridgehead atoms. The zero-order valence-corrected chi connectivity index (χ0v) is 13.6. The van der Waals surface area contributed by atoms with Crippen LogP contribution in [0.25, 0.3) is 0 Å². The molecule has 108 valence electrons. The minimum absolute atomic E-state index is 0.220. The number of nitrogens with one attached hydrogen (secondary N) is 2. The predicted molar refractivity (Wildman–Crippen MR) is 90.8 cm³/mol. The molecule has 0 fully saturated rings. The number of anilines is 1. The smallest absolute Gasteiger partial charge is 0.261 e. The Balaban J connectivity index is 2.06. The molecular weight excluding hydrogens is 352 g/mol. The van der Waals surface area contributed by atoms with Crippen LogP contribution < -0.4 is 15.4 Å². The van der Waals surface area contributed by atoms with Crippen molar-refractivity contribution in [3.8, 4) is 5.75 Å². The third-order valence-electron chi connectivity index (χ3n) is 2.70. The molecule has 0 aliphatic carbocycles. The first-order valence-electron chi connectivity index (χ1n) is 6.11. The Labute approximate surface area is 136 Å². The third-order valence-corrected chi connectivity index (χ3v) is 3.60. The molecule has 0 aliphatic rings. The number of halogens is 1. The lowest BCUT2D eigenvalue weighted by molar-refractivity contribution is 0.0975. The van der Waals surface area contributed by atoms with E-state index in [9.17, 15) is 4.79 Å². The lowest BCUT2D eigenvalue weighted by Gasteiger charge is -2.12. The molecule has 0 radical (unpaired) electrons. The highest BCUT2D eigenvalue weighted by Gasteiger charge is 2.13. The Kier molecular flexibility index (Phi) is 5.30. The summed E-state index contributed by atoms with van der Waals surface area (Å²) in [5, 5.41) is 5.81. The minimum Gasteiger partial charge on any atom is -0.496 e. The number of thiocarbonyl (C=S) groups is 1. The molecule has 0 spiro atoms. The van der Waals surface area contributed by atoms with Gasteiger partial charge in [0.2, 0.25) is 0 Å². The van der Waals surface area contributed by atoms with Crippen LogP contribution in [0, 0.1) is 0 Å². The molecule has 2 N–H and O–H groups in total. The Morgan fingerprint density at radius 2 is 1.81 bits per heavy atom. The van der Waals surface area contributed by atoms with Crippen molar-refractivity contribution in [1.29, 1.82) is 0 Å². The molecule has 1 amide bonds. The summed E-state index contributed by atoms with van der Waals surface area (Å²) in [6, 6.07) is 14.5. The molecule has 0 aromatic heterocycles. The third kappa shape index (κ3) is 4.03. The quantitative estimate of drug-likeness (QED) is 0.817. The summed E-state index contributed by atoms with van der Waals surface area (Å²) in [5.41, 5.74) is 1.21. The van der Waals surface area contributed by atoms with Crippen molar-refractivity contribution in [3.63, 3.8) is 0 Å². The van der Waals surface area contributed by atoms with Gasteiger partial charge in [0, 0.05) is 4.47 Å². The highest BCUT2D eigenvalue weighted by molar-refractivity contribution is 9.10. The average molecular weight is 365 g/mol. The normalized spacial score (nSPS) is 9.81. The van der Waals surface area contributed by atoms with Gasteiger partial charge >= 0.3 is 0 Å². The van der Waals surface area contributed by atoms with E-state index < -0.39 is 0 Å². The molecule has 2 aromatic carbocycles. The van der Waals surface area contributed by atoms with Crippen LogP contribution in [0.2, 0.25) is 0 Å². The van der Waals surface area contributed by atoms with Crippen LogP contribution in [0.1, 0.15) is 10.4 Å². The van der Waals surface area contributed by atoms with Crippen LogP contribution in [0.3, 0.4) is 0 Å². The van der Waals surface area contributed by atoms with Gasteiger partial charge in [-0.25, -0.2) is 0 Å². The number of para-hydroxylation sites is 2. The number of rotatable bonds is 3. The number of amides is 1. The number of hydrogen-bond donors (Lipinski definition) is 2. The summed E-state index contributed by atoms with van der Waals surface area (Å²) in [5.74, 6) is 0.177. The van der Waals surface area contributed by atoms with Crippen LogP contribution in [-0.4, -0.2) is 18.1 Å². The van der Waals surface area contributed by atoms with Gasteiger partial charge in [-0.05, 0) is 52.4 Å². The molecule has 0 atom stereocenters. The molecule has 4 nitrogen and oxygen atoms in total. The van der Waals surface area contributed by atoms with Gasteiger partial charge in [-0.3, -0.25) is 10.1 Å². The number of ether oxygens (including phenoxy) is 1. The van der Waals surface area contributed by atoms with Gasteiger partial charge in [0.15, 0.2) is 5.11 Å². The van der Waals surface area contributed by atoms with E-state index >= 15 is 0 Å². The second-order valence-corrected chi connectivity index (χ2v) is 5.35. The number of methoxy groups -OCH3 is 1. The molecule has 6 heteroatoms. The first kappa shape index (κ1) is 15.5. The Morgan fingerprint density at radius 1 is 1.14 bits per heavy atom. The lowest BCUT2D eigenvalue weighted by atomic mass is 10.2. The summed E-state index contributed by atoms with van der Waals surface area (Å²) in [6.45, 7) is 0. The van der Waals surface area contributed by atoms with Crippen LogP contribution >= 0.6 is 28.1 Å². The first-order valence-corrected chi connectivity index (χ1v) is 7.32. The van der Waals surface area contributed by atoms with Gasteiger partial charge in [0.25, 0.3) is 5.91 Å². The van der Waals surface area contributed by atoms with Crippen LogP contribution in [0.5, 0.6) is 5.75 Å². The monoisotopic (exact) mass is 364 g/mol. The Bertz CT molecular complexity index is 676. The van der Waals surface area contributed by atoms with Crippen molar-refractivity contribution in [2.45, 2.75) is 0 Å². The topological polar surface area (TPSA) is 50.4 Å². The van der Waals surface area contributed by atoms with E-state index in [4.69, 9.17) is 17.0 Å². The largest absolute Gasteiger partial charge is 0.496 e. The van der Waals surface area contributed by atoms with E-state index in [-0.39, 0.29) is 11.0 Å². The molecule has 21 heavy (non-hydrogen) atoms. The predicted octanol–water partition coefficient (Wildman–Crippen LogP) is 3.58. The molecule has 2 aromatic rings. The van der Waals surface area contributed by atoms with E-state index in [0.717, 1.165) is 10.2 Å². The molecule has 0 unspecified atom stereocenters. The number of benzene rings is 2. The maximum atomic E-state index is 12.2. The maximum Gasteiger partial charge on any atom is 0.261 e. The standard InChI is InChI=1S/C15H13BrN2O2S/c1-20-13-9-5-2-6-10(13)14(19)18-15(21)17-12-8-4-3-7-11(12)16/h2-9H,1H3,(H2,17,18,19,21). The summed E-state index contributed by atoms with van der Waals surface area (Å²) in [6.07, 6.45) is 0.